The molecule has 0 aliphatic rings. The van der Waals surface area contributed by atoms with Gasteiger partial charge in [0.15, 0.2) is 5.82 Å². The Kier molecular flexibility index (Phi) is 6.60. The van der Waals surface area contributed by atoms with Crippen molar-refractivity contribution >= 4 is 46.6 Å². The summed E-state index contributed by atoms with van der Waals surface area (Å²) < 4.78 is 10.4. The number of para-hydroxylation sites is 2. The van der Waals surface area contributed by atoms with Gasteiger partial charge in [0.2, 0.25) is 11.8 Å². The number of carbonyl (C=O) groups is 1. The average Bonchev–Trinajstić information content (AvgIpc) is 3.09. The summed E-state index contributed by atoms with van der Waals surface area (Å²) in [6.45, 7) is 0. The highest BCUT2D eigenvalue weighted by Gasteiger charge is 2.14. The molecule has 0 radical (unpaired) electrons. The van der Waals surface area contributed by atoms with Gasteiger partial charge in [0, 0.05) is 4.90 Å². The fourth-order valence-electron chi connectivity index (χ4n) is 2.26. The summed E-state index contributed by atoms with van der Waals surface area (Å²) in [5, 5.41) is 7.72. The Labute approximate surface area is 170 Å². The molecule has 0 spiro atoms. The first-order valence-corrected chi connectivity index (χ1v) is 9.62. The van der Waals surface area contributed by atoms with Crippen molar-refractivity contribution in [1.82, 2.24) is 10.1 Å². The minimum atomic E-state index is -0.270. The lowest BCUT2D eigenvalue weighted by Gasteiger charge is -2.08. The molecule has 0 unspecified atom stereocenters. The van der Waals surface area contributed by atoms with Gasteiger partial charge in [-0.25, -0.2) is 0 Å². The number of nitrogens with one attached hydrogen (secondary N) is 1. The van der Waals surface area contributed by atoms with Crippen molar-refractivity contribution in [1.29, 1.82) is 0 Å². The molecule has 0 saturated carbocycles. The molecule has 2 aromatic carbocycles. The summed E-state index contributed by atoms with van der Waals surface area (Å²) in [5.41, 5.74) is 0.581. The first-order valence-electron chi connectivity index (χ1n) is 7.88. The average molecular weight is 424 g/mol. The van der Waals surface area contributed by atoms with Crippen molar-refractivity contribution < 1.29 is 14.1 Å². The first kappa shape index (κ1) is 19.5. The molecular formula is C18H15Cl2N3O3S. The van der Waals surface area contributed by atoms with Crippen LogP contribution in [0.2, 0.25) is 10.0 Å². The summed E-state index contributed by atoms with van der Waals surface area (Å²) in [4.78, 5) is 17.2. The van der Waals surface area contributed by atoms with Crippen LogP contribution in [0.5, 0.6) is 5.75 Å². The quantitative estimate of drug-likeness (QED) is 0.546. The minimum absolute atomic E-state index is 0.0148. The number of nitrogens with zero attached hydrogens (tertiary/aromatic N) is 2. The second-order valence-electron chi connectivity index (χ2n) is 5.37. The van der Waals surface area contributed by atoms with Crippen LogP contribution in [0, 0.1) is 0 Å². The van der Waals surface area contributed by atoms with Crippen LogP contribution < -0.4 is 10.1 Å². The van der Waals surface area contributed by atoms with E-state index in [0.29, 0.717) is 39.0 Å². The monoisotopic (exact) mass is 423 g/mol. The molecule has 3 aromatic rings. The van der Waals surface area contributed by atoms with Crippen LogP contribution in [0.15, 0.2) is 51.9 Å². The van der Waals surface area contributed by atoms with Gasteiger partial charge in [-0.3, -0.25) is 4.79 Å². The molecule has 9 heteroatoms. The third-order valence-electron chi connectivity index (χ3n) is 3.47. The number of hydrogen-bond donors (Lipinski definition) is 1. The fraction of sp³-hybridized carbons (Fsp3) is 0.167. The number of amides is 1. The van der Waals surface area contributed by atoms with Gasteiger partial charge in [0.05, 0.1) is 35.0 Å². The van der Waals surface area contributed by atoms with Crippen molar-refractivity contribution in [2.75, 3.05) is 12.4 Å². The molecule has 6 nitrogen and oxygen atoms in total. The molecular weight excluding hydrogens is 409 g/mol. The molecule has 27 heavy (non-hydrogen) atoms. The molecule has 0 aliphatic heterocycles. The maximum Gasteiger partial charge on any atom is 0.237 e. The number of methoxy groups -OCH3 is 1. The largest absolute Gasteiger partial charge is 0.495 e. The van der Waals surface area contributed by atoms with Gasteiger partial charge in [-0.15, -0.1) is 11.8 Å². The molecule has 0 atom stereocenters. The van der Waals surface area contributed by atoms with E-state index in [1.807, 2.05) is 12.1 Å². The number of rotatable bonds is 7. The van der Waals surface area contributed by atoms with E-state index < -0.39 is 0 Å². The van der Waals surface area contributed by atoms with E-state index in [-0.39, 0.29) is 12.3 Å². The van der Waals surface area contributed by atoms with Crippen LogP contribution >= 0.6 is 35.0 Å². The molecule has 1 heterocycles. The first-order chi connectivity index (χ1) is 13.1. The van der Waals surface area contributed by atoms with E-state index in [1.165, 1.54) is 11.8 Å². The van der Waals surface area contributed by atoms with Crippen molar-refractivity contribution in [3.05, 3.63) is 64.2 Å². The summed E-state index contributed by atoms with van der Waals surface area (Å²) in [5.74, 6) is 1.38. The van der Waals surface area contributed by atoms with E-state index in [4.69, 9.17) is 32.5 Å². The Bertz CT molecular complexity index is 929. The smallest absolute Gasteiger partial charge is 0.237 e. The highest BCUT2D eigenvalue weighted by Crippen LogP contribution is 2.35. The number of carbonyl (C=O) groups excluding carboxylic acids is 1. The van der Waals surface area contributed by atoms with Gasteiger partial charge in [-0.05, 0) is 24.3 Å². The maximum atomic E-state index is 12.2. The highest BCUT2D eigenvalue weighted by atomic mass is 35.5. The summed E-state index contributed by atoms with van der Waals surface area (Å²) in [7, 11) is 1.54. The number of ether oxygens (including phenoxy) is 1. The summed E-state index contributed by atoms with van der Waals surface area (Å²) in [6, 6.07) is 12.4. The molecule has 0 bridgehead atoms. The second kappa shape index (κ2) is 9.12. The SMILES string of the molecule is COc1ccccc1NC(=O)Cc1noc(CSc2c(Cl)cccc2Cl)n1. The third kappa shape index (κ3) is 5.15. The van der Waals surface area contributed by atoms with E-state index in [1.54, 1.807) is 37.4 Å². The predicted octanol–water partition coefficient (Wildman–Crippen LogP) is 4.86. The van der Waals surface area contributed by atoms with Gasteiger partial charge in [-0.1, -0.05) is 46.6 Å². The van der Waals surface area contributed by atoms with Crippen LogP contribution in [-0.2, 0) is 17.0 Å². The zero-order valence-corrected chi connectivity index (χ0v) is 16.6. The van der Waals surface area contributed by atoms with Crippen molar-refractivity contribution in [2.24, 2.45) is 0 Å². The number of benzene rings is 2. The van der Waals surface area contributed by atoms with Crippen molar-refractivity contribution in [3.8, 4) is 5.75 Å². The lowest BCUT2D eigenvalue weighted by Crippen LogP contribution is -2.15. The van der Waals surface area contributed by atoms with Crippen LogP contribution in [-0.4, -0.2) is 23.2 Å². The molecule has 3 rings (SSSR count). The number of thioether (sulfide) groups is 1. The summed E-state index contributed by atoms with van der Waals surface area (Å²) in [6.07, 6.45) is -0.0148. The molecule has 0 fully saturated rings. The highest BCUT2D eigenvalue weighted by molar-refractivity contribution is 7.98. The van der Waals surface area contributed by atoms with Crippen LogP contribution in [0.25, 0.3) is 0 Å². The topological polar surface area (TPSA) is 77.2 Å². The normalized spacial score (nSPS) is 10.6. The summed E-state index contributed by atoms with van der Waals surface area (Å²) >= 11 is 13.7. The van der Waals surface area contributed by atoms with Gasteiger partial charge < -0.3 is 14.6 Å². The van der Waals surface area contributed by atoms with Gasteiger partial charge in [-0.2, -0.15) is 4.98 Å². The number of anilines is 1. The van der Waals surface area contributed by atoms with Gasteiger partial charge >= 0.3 is 0 Å². The van der Waals surface area contributed by atoms with E-state index >= 15 is 0 Å². The lowest BCUT2D eigenvalue weighted by atomic mass is 10.2. The van der Waals surface area contributed by atoms with Crippen LogP contribution in [0.1, 0.15) is 11.7 Å². The number of hydrogen-bond acceptors (Lipinski definition) is 6. The van der Waals surface area contributed by atoms with Crippen molar-refractivity contribution in [2.45, 2.75) is 17.1 Å². The Morgan fingerprint density at radius 2 is 1.93 bits per heavy atom. The maximum absolute atomic E-state index is 12.2. The molecule has 140 valence electrons. The van der Waals surface area contributed by atoms with E-state index in [0.717, 1.165) is 4.90 Å². The third-order valence-corrected chi connectivity index (χ3v) is 5.44. The van der Waals surface area contributed by atoms with Gasteiger partial charge in [0.25, 0.3) is 0 Å². The molecule has 1 N–H and O–H groups in total. The van der Waals surface area contributed by atoms with Crippen LogP contribution in [0.4, 0.5) is 5.69 Å². The zero-order valence-electron chi connectivity index (χ0n) is 14.2. The standard InChI is InChI=1S/C18H15Cl2N3O3S/c1-25-14-8-3-2-7-13(14)21-16(24)9-15-22-17(26-23-15)10-27-18-11(19)5-4-6-12(18)20/h2-8H,9-10H2,1H3,(H,21,24). The van der Waals surface area contributed by atoms with Crippen LogP contribution in [0.3, 0.4) is 0 Å². The van der Waals surface area contributed by atoms with Crippen molar-refractivity contribution in [3.63, 3.8) is 0 Å². The minimum Gasteiger partial charge on any atom is -0.495 e. The zero-order chi connectivity index (χ0) is 19.2. The Morgan fingerprint density at radius 1 is 1.19 bits per heavy atom. The van der Waals surface area contributed by atoms with E-state index in [9.17, 15) is 4.79 Å². The molecule has 1 amide bonds. The Morgan fingerprint density at radius 3 is 2.67 bits per heavy atom. The molecule has 1 aromatic heterocycles. The predicted molar refractivity (Wildman–Crippen MR) is 106 cm³/mol. The fourth-order valence-corrected chi connectivity index (χ4v) is 3.78. The molecule has 0 saturated heterocycles. The van der Waals surface area contributed by atoms with E-state index in [2.05, 4.69) is 15.5 Å². The number of aromatic nitrogens is 2. The second-order valence-corrected chi connectivity index (χ2v) is 7.17. The lowest BCUT2D eigenvalue weighted by molar-refractivity contribution is -0.115. The number of halogens is 2. The molecule has 0 aliphatic carbocycles. The Balaban J connectivity index is 1.58. The van der Waals surface area contributed by atoms with Gasteiger partial charge in [0.1, 0.15) is 5.75 Å². The Hall–Kier alpha value is -2.22.